The Morgan fingerprint density at radius 3 is 1.91 bits per heavy atom. The van der Waals surface area contributed by atoms with Gasteiger partial charge in [0.05, 0.1) is 0 Å². The minimum atomic E-state index is -0.591. The SMILES string of the molecule is CCC[Si]1(CCC)C[SiH](Br)C1. The molecule has 0 aromatic carbocycles. The molecule has 0 radical (unpaired) electrons. The Morgan fingerprint density at radius 2 is 1.64 bits per heavy atom. The van der Waals surface area contributed by atoms with Crippen LogP contribution < -0.4 is 0 Å². The molecule has 11 heavy (non-hydrogen) atoms. The zero-order chi connectivity index (χ0) is 8.32. The van der Waals surface area contributed by atoms with Crippen LogP contribution in [0.5, 0.6) is 0 Å². The van der Waals surface area contributed by atoms with Gasteiger partial charge in [-0.1, -0.05) is 50.1 Å². The third-order valence-corrected chi connectivity index (χ3v) is 22.3. The van der Waals surface area contributed by atoms with Crippen molar-refractivity contribution in [2.75, 3.05) is 0 Å². The second-order valence-corrected chi connectivity index (χ2v) is 16.4. The van der Waals surface area contributed by atoms with Crippen molar-refractivity contribution in [3.8, 4) is 0 Å². The maximum Gasteiger partial charge on any atom is 0.109 e. The van der Waals surface area contributed by atoms with Crippen LogP contribution in [0, 0.1) is 0 Å². The van der Waals surface area contributed by atoms with Gasteiger partial charge in [0.25, 0.3) is 0 Å². The molecule has 1 aliphatic heterocycles. The maximum absolute atomic E-state index is 3.85. The number of halogens is 1. The van der Waals surface area contributed by atoms with Gasteiger partial charge in [0.2, 0.25) is 0 Å². The van der Waals surface area contributed by atoms with Crippen LogP contribution in [0.15, 0.2) is 0 Å². The van der Waals surface area contributed by atoms with E-state index in [-0.39, 0.29) is 7.42 Å². The molecule has 0 bridgehead atoms. The van der Waals surface area contributed by atoms with Crippen molar-refractivity contribution < 1.29 is 0 Å². The lowest BCUT2D eigenvalue weighted by molar-refractivity contribution is 0.962. The molecule has 1 rings (SSSR count). The predicted octanol–water partition coefficient (Wildman–Crippen LogP) is 3.47. The summed E-state index contributed by atoms with van der Waals surface area (Å²) in [6.07, 6.45) is 2.89. The van der Waals surface area contributed by atoms with Gasteiger partial charge in [-0.2, -0.15) is 0 Å². The summed E-state index contributed by atoms with van der Waals surface area (Å²) < 4.78 is 0. The van der Waals surface area contributed by atoms with Gasteiger partial charge in [-0.05, 0) is 0 Å². The first kappa shape index (κ1) is 10.00. The highest BCUT2D eigenvalue weighted by Crippen LogP contribution is 2.42. The third-order valence-electron chi connectivity index (χ3n) is 2.87. The zero-order valence-corrected chi connectivity index (χ0v) is 11.4. The van der Waals surface area contributed by atoms with Gasteiger partial charge in [0.1, 0.15) is 7.42 Å². The van der Waals surface area contributed by atoms with Crippen molar-refractivity contribution in [3.05, 3.63) is 0 Å². The summed E-state index contributed by atoms with van der Waals surface area (Å²) >= 11 is 3.85. The molecule has 3 heteroatoms. The fourth-order valence-corrected chi connectivity index (χ4v) is 27.5. The quantitative estimate of drug-likeness (QED) is 0.530. The van der Waals surface area contributed by atoms with E-state index in [1.54, 1.807) is 23.4 Å². The molecular weight excluding hydrogens is 232 g/mol. The third kappa shape index (κ3) is 2.42. The lowest BCUT2D eigenvalue weighted by Gasteiger charge is -2.43. The fraction of sp³-hybridized carbons (Fsp3) is 1.00. The van der Waals surface area contributed by atoms with E-state index in [1.807, 2.05) is 0 Å². The summed E-state index contributed by atoms with van der Waals surface area (Å²) in [5.74, 6) is 0. The second-order valence-electron chi connectivity index (χ2n) is 4.01. The van der Waals surface area contributed by atoms with Gasteiger partial charge in [-0.25, -0.2) is 0 Å². The van der Waals surface area contributed by atoms with Gasteiger partial charge in [-0.3, -0.25) is 0 Å². The minimum absolute atomic E-state index is 0.283. The van der Waals surface area contributed by atoms with Crippen molar-refractivity contribution in [3.63, 3.8) is 0 Å². The molecule has 0 atom stereocenters. The Kier molecular flexibility index (Phi) is 3.85. The first-order chi connectivity index (χ1) is 5.22. The molecule has 0 N–H and O–H groups in total. The summed E-state index contributed by atoms with van der Waals surface area (Å²) in [7, 11) is -0.874. The van der Waals surface area contributed by atoms with Crippen molar-refractivity contribution in [1.29, 1.82) is 0 Å². The van der Waals surface area contributed by atoms with Crippen molar-refractivity contribution in [2.45, 2.75) is 50.1 Å². The molecule has 0 aromatic heterocycles. The molecule has 0 aromatic rings. The number of hydrogen-bond donors (Lipinski definition) is 0. The van der Waals surface area contributed by atoms with Crippen LogP contribution in [0.2, 0.25) is 23.4 Å². The van der Waals surface area contributed by atoms with Gasteiger partial charge in [0, 0.05) is 8.07 Å². The van der Waals surface area contributed by atoms with E-state index in [1.165, 1.54) is 12.8 Å². The van der Waals surface area contributed by atoms with Crippen molar-refractivity contribution in [2.24, 2.45) is 0 Å². The van der Waals surface area contributed by atoms with Crippen LogP contribution in [0.3, 0.4) is 0 Å². The monoisotopic (exact) mass is 250 g/mol. The number of hydrogen-bond acceptors (Lipinski definition) is 0. The Hall–Kier alpha value is 0.914. The van der Waals surface area contributed by atoms with Crippen LogP contribution in [0.25, 0.3) is 0 Å². The summed E-state index contributed by atoms with van der Waals surface area (Å²) in [5.41, 5.74) is 3.41. The highest BCUT2D eigenvalue weighted by molar-refractivity contribution is 9.24. The molecule has 1 saturated heterocycles. The van der Waals surface area contributed by atoms with E-state index >= 15 is 0 Å². The van der Waals surface area contributed by atoms with Crippen LogP contribution in [0.4, 0.5) is 0 Å². The standard InChI is InChI=1S/C8H19BrSi2/c1-3-5-11(6-4-2)7-10(9)8-11/h10H,3-8H2,1-2H3. The molecule has 0 amide bonds. The summed E-state index contributed by atoms with van der Waals surface area (Å²) in [4.78, 5) is 0. The average molecular weight is 251 g/mol. The van der Waals surface area contributed by atoms with Crippen LogP contribution in [0.1, 0.15) is 26.7 Å². The Bertz CT molecular complexity index is 106. The number of rotatable bonds is 4. The van der Waals surface area contributed by atoms with Gasteiger partial charge < -0.3 is 0 Å². The first-order valence-electron chi connectivity index (χ1n) is 4.86. The van der Waals surface area contributed by atoms with E-state index < -0.39 is 8.07 Å². The fourth-order valence-electron chi connectivity index (χ4n) is 2.47. The Labute approximate surface area is 81.0 Å². The molecule has 1 aliphatic rings. The molecule has 66 valence electrons. The highest BCUT2D eigenvalue weighted by atomic mass is 79.9. The molecule has 0 aliphatic carbocycles. The van der Waals surface area contributed by atoms with E-state index in [4.69, 9.17) is 0 Å². The topological polar surface area (TPSA) is 0 Å². The summed E-state index contributed by atoms with van der Waals surface area (Å²) in [5, 5.41) is 0. The van der Waals surface area contributed by atoms with Crippen molar-refractivity contribution >= 4 is 30.8 Å². The van der Waals surface area contributed by atoms with E-state index in [2.05, 4.69) is 29.1 Å². The lowest BCUT2D eigenvalue weighted by atomic mass is 10.6. The van der Waals surface area contributed by atoms with Crippen molar-refractivity contribution in [1.82, 2.24) is 0 Å². The molecular formula is C8H19BrSi2. The molecule has 0 nitrogen and oxygen atoms in total. The van der Waals surface area contributed by atoms with Gasteiger partial charge in [-0.15, -0.1) is 15.3 Å². The molecule has 1 heterocycles. The maximum atomic E-state index is 3.85. The summed E-state index contributed by atoms with van der Waals surface area (Å²) in [6.45, 7) is 4.71. The smallest absolute Gasteiger partial charge is 0.109 e. The van der Waals surface area contributed by atoms with Crippen LogP contribution in [-0.2, 0) is 0 Å². The molecule has 0 saturated carbocycles. The molecule has 0 unspecified atom stereocenters. The first-order valence-corrected chi connectivity index (χ1v) is 12.5. The minimum Gasteiger partial charge on any atom is -0.131 e. The predicted molar refractivity (Wildman–Crippen MR) is 61.6 cm³/mol. The normalized spacial score (nSPS) is 23.2. The largest absolute Gasteiger partial charge is 0.131 e. The van der Waals surface area contributed by atoms with Gasteiger partial charge >= 0.3 is 0 Å². The molecule has 0 spiro atoms. The van der Waals surface area contributed by atoms with E-state index in [0.29, 0.717) is 0 Å². The zero-order valence-electron chi connectivity index (χ0n) is 7.70. The van der Waals surface area contributed by atoms with E-state index in [9.17, 15) is 0 Å². The highest BCUT2D eigenvalue weighted by Gasteiger charge is 2.43. The lowest BCUT2D eigenvalue weighted by Crippen LogP contribution is -2.50. The summed E-state index contributed by atoms with van der Waals surface area (Å²) in [6, 6.07) is 3.24. The average Bonchev–Trinajstić information content (AvgIpc) is 1.86. The molecule has 1 fully saturated rings. The Balaban J connectivity index is 2.33. The van der Waals surface area contributed by atoms with Crippen LogP contribution in [-0.4, -0.2) is 15.5 Å². The Morgan fingerprint density at radius 1 is 1.18 bits per heavy atom. The van der Waals surface area contributed by atoms with Gasteiger partial charge in [0.15, 0.2) is 0 Å². The van der Waals surface area contributed by atoms with Crippen LogP contribution >= 0.6 is 15.3 Å². The van der Waals surface area contributed by atoms with E-state index in [0.717, 1.165) is 0 Å². The second kappa shape index (κ2) is 4.24.